The van der Waals surface area contributed by atoms with E-state index in [2.05, 4.69) is 5.32 Å². The van der Waals surface area contributed by atoms with Crippen LogP contribution in [0.5, 0.6) is 0 Å². The summed E-state index contributed by atoms with van der Waals surface area (Å²) in [7, 11) is 1.56. The summed E-state index contributed by atoms with van der Waals surface area (Å²) in [5.41, 5.74) is 7.02. The van der Waals surface area contributed by atoms with Crippen LogP contribution < -0.4 is 11.1 Å². The zero-order valence-corrected chi connectivity index (χ0v) is 9.88. The lowest BCUT2D eigenvalue weighted by molar-refractivity contribution is -0.117. The van der Waals surface area contributed by atoms with E-state index in [4.69, 9.17) is 22.1 Å². The number of carbonyl (C=O) groups is 1. The number of benzene rings is 1. The smallest absolute Gasteiger partial charge is 0.226 e. The van der Waals surface area contributed by atoms with Crippen molar-refractivity contribution in [3.05, 3.63) is 28.8 Å². The van der Waals surface area contributed by atoms with Crippen LogP contribution in [-0.2, 0) is 16.1 Å². The predicted molar refractivity (Wildman–Crippen MR) is 64.5 cm³/mol. The molecular weight excluding hydrogens is 228 g/mol. The number of amides is 1. The highest BCUT2D eigenvalue weighted by molar-refractivity contribution is 6.31. The van der Waals surface area contributed by atoms with Crippen LogP contribution in [0.2, 0.25) is 5.02 Å². The SMILES string of the molecule is COCCC(=O)Nc1ccc(Cl)c(CN)c1. The van der Waals surface area contributed by atoms with Crippen molar-refractivity contribution in [1.29, 1.82) is 0 Å². The van der Waals surface area contributed by atoms with Crippen LogP contribution in [0.1, 0.15) is 12.0 Å². The summed E-state index contributed by atoms with van der Waals surface area (Å²) in [5, 5.41) is 3.35. The molecule has 0 radical (unpaired) electrons. The van der Waals surface area contributed by atoms with Gasteiger partial charge in [-0.2, -0.15) is 0 Å². The van der Waals surface area contributed by atoms with Gasteiger partial charge in [0, 0.05) is 24.4 Å². The maximum Gasteiger partial charge on any atom is 0.226 e. The van der Waals surface area contributed by atoms with Crippen LogP contribution >= 0.6 is 11.6 Å². The first kappa shape index (κ1) is 13.0. The van der Waals surface area contributed by atoms with Gasteiger partial charge in [0.15, 0.2) is 0 Å². The number of carbonyl (C=O) groups excluding carboxylic acids is 1. The van der Waals surface area contributed by atoms with Gasteiger partial charge in [-0.3, -0.25) is 4.79 Å². The molecule has 3 N–H and O–H groups in total. The van der Waals surface area contributed by atoms with E-state index in [9.17, 15) is 4.79 Å². The molecule has 0 aromatic heterocycles. The van der Waals surface area contributed by atoms with Crippen molar-refractivity contribution in [2.24, 2.45) is 5.73 Å². The van der Waals surface area contributed by atoms with Gasteiger partial charge in [0.25, 0.3) is 0 Å². The third-order valence-corrected chi connectivity index (χ3v) is 2.45. The van der Waals surface area contributed by atoms with Gasteiger partial charge < -0.3 is 15.8 Å². The Morgan fingerprint density at radius 3 is 2.94 bits per heavy atom. The van der Waals surface area contributed by atoms with Crippen LogP contribution in [0, 0.1) is 0 Å². The van der Waals surface area contributed by atoms with Gasteiger partial charge >= 0.3 is 0 Å². The molecule has 88 valence electrons. The van der Waals surface area contributed by atoms with E-state index in [1.807, 2.05) is 0 Å². The molecule has 0 atom stereocenters. The minimum atomic E-state index is -0.0906. The molecule has 0 bridgehead atoms. The van der Waals surface area contributed by atoms with Crippen molar-refractivity contribution in [1.82, 2.24) is 0 Å². The highest BCUT2D eigenvalue weighted by atomic mass is 35.5. The molecule has 5 heteroatoms. The lowest BCUT2D eigenvalue weighted by atomic mass is 10.2. The molecule has 0 saturated carbocycles. The monoisotopic (exact) mass is 242 g/mol. The molecule has 1 amide bonds. The second-order valence-electron chi connectivity index (χ2n) is 3.30. The van der Waals surface area contributed by atoms with Gasteiger partial charge in [-0.1, -0.05) is 11.6 Å². The Bertz CT molecular complexity index is 369. The van der Waals surface area contributed by atoms with E-state index in [0.29, 0.717) is 30.3 Å². The van der Waals surface area contributed by atoms with Gasteiger partial charge in [0.05, 0.1) is 13.0 Å². The fourth-order valence-corrected chi connectivity index (χ4v) is 1.42. The van der Waals surface area contributed by atoms with Gasteiger partial charge in [-0.25, -0.2) is 0 Å². The number of anilines is 1. The maximum absolute atomic E-state index is 11.4. The molecule has 16 heavy (non-hydrogen) atoms. The van der Waals surface area contributed by atoms with E-state index >= 15 is 0 Å². The molecule has 1 aromatic rings. The second kappa shape index (κ2) is 6.48. The largest absolute Gasteiger partial charge is 0.384 e. The predicted octanol–water partition coefficient (Wildman–Crippen LogP) is 1.77. The topological polar surface area (TPSA) is 64.3 Å². The molecule has 0 aliphatic rings. The highest BCUT2D eigenvalue weighted by Crippen LogP contribution is 2.20. The molecule has 0 aliphatic carbocycles. The molecular formula is C11H15ClN2O2. The Labute approximate surface area is 99.7 Å². The molecule has 1 aromatic carbocycles. The normalized spacial score (nSPS) is 10.2. The number of nitrogens with two attached hydrogens (primary N) is 1. The summed E-state index contributed by atoms with van der Waals surface area (Å²) in [6.45, 7) is 0.754. The standard InChI is InChI=1S/C11H15ClN2O2/c1-16-5-4-11(15)14-9-2-3-10(12)8(6-9)7-13/h2-3,6H,4-5,7,13H2,1H3,(H,14,15). The van der Waals surface area contributed by atoms with E-state index in [0.717, 1.165) is 5.56 Å². The molecule has 4 nitrogen and oxygen atoms in total. The Morgan fingerprint density at radius 2 is 2.31 bits per heavy atom. The van der Waals surface area contributed by atoms with Crippen LogP contribution in [-0.4, -0.2) is 19.6 Å². The zero-order valence-electron chi connectivity index (χ0n) is 9.13. The van der Waals surface area contributed by atoms with E-state index in [1.165, 1.54) is 0 Å². The quantitative estimate of drug-likeness (QED) is 0.827. The van der Waals surface area contributed by atoms with Gasteiger partial charge in [-0.15, -0.1) is 0 Å². The first-order valence-electron chi connectivity index (χ1n) is 4.94. The van der Waals surface area contributed by atoms with Crippen LogP contribution in [0.25, 0.3) is 0 Å². The fraction of sp³-hybridized carbons (Fsp3) is 0.364. The molecule has 0 fully saturated rings. The van der Waals surface area contributed by atoms with E-state index in [1.54, 1.807) is 25.3 Å². The maximum atomic E-state index is 11.4. The Morgan fingerprint density at radius 1 is 1.56 bits per heavy atom. The number of nitrogens with one attached hydrogen (secondary N) is 1. The highest BCUT2D eigenvalue weighted by Gasteiger charge is 2.04. The van der Waals surface area contributed by atoms with Crippen molar-refractivity contribution in [3.63, 3.8) is 0 Å². The summed E-state index contributed by atoms with van der Waals surface area (Å²) in [5.74, 6) is -0.0906. The van der Waals surface area contributed by atoms with E-state index in [-0.39, 0.29) is 5.91 Å². The zero-order chi connectivity index (χ0) is 12.0. The number of hydrogen-bond donors (Lipinski definition) is 2. The van der Waals surface area contributed by atoms with Crippen molar-refractivity contribution < 1.29 is 9.53 Å². The van der Waals surface area contributed by atoms with Crippen molar-refractivity contribution in [3.8, 4) is 0 Å². The summed E-state index contributed by atoms with van der Waals surface area (Å²) in [6, 6.07) is 5.23. The van der Waals surface area contributed by atoms with Gasteiger partial charge in [-0.05, 0) is 23.8 Å². The summed E-state index contributed by atoms with van der Waals surface area (Å²) in [6.07, 6.45) is 0.330. The fourth-order valence-electron chi connectivity index (χ4n) is 1.23. The van der Waals surface area contributed by atoms with Crippen LogP contribution in [0.15, 0.2) is 18.2 Å². The Kier molecular flexibility index (Phi) is 5.25. The molecule has 0 aliphatic heterocycles. The molecule has 0 spiro atoms. The molecule has 0 unspecified atom stereocenters. The second-order valence-corrected chi connectivity index (χ2v) is 3.71. The molecule has 0 saturated heterocycles. The third-order valence-electron chi connectivity index (χ3n) is 2.08. The lowest BCUT2D eigenvalue weighted by Crippen LogP contribution is -2.13. The minimum Gasteiger partial charge on any atom is -0.384 e. The van der Waals surface area contributed by atoms with Crippen molar-refractivity contribution in [2.75, 3.05) is 19.0 Å². The number of rotatable bonds is 5. The van der Waals surface area contributed by atoms with Crippen LogP contribution in [0.3, 0.4) is 0 Å². The van der Waals surface area contributed by atoms with Gasteiger partial charge in [0.2, 0.25) is 5.91 Å². The van der Waals surface area contributed by atoms with Gasteiger partial charge in [0.1, 0.15) is 0 Å². The van der Waals surface area contributed by atoms with Crippen molar-refractivity contribution in [2.45, 2.75) is 13.0 Å². The third kappa shape index (κ3) is 3.81. The summed E-state index contributed by atoms with van der Waals surface area (Å²) < 4.78 is 4.81. The average Bonchev–Trinajstić information content (AvgIpc) is 2.29. The minimum absolute atomic E-state index is 0.0906. The van der Waals surface area contributed by atoms with Crippen molar-refractivity contribution >= 4 is 23.2 Å². The molecule has 0 heterocycles. The summed E-state index contributed by atoms with van der Waals surface area (Å²) >= 11 is 5.90. The number of ether oxygens (including phenoxy) is 1. The lowest BCUT2D eigenvalue weighted by Gasteiger charge is -2.07. The van der Waals surface area contributed by atoms with Crippen LogP contribution in [0.4, 0.5) is 5.69 Å². The Balaban J connectivity index is 2.63. The average molecular weight is 243 g/mol. The number of hydrogen-bond acceptors (Lipinski definition) is 3. The Hall–Kier alpha value is -1.10. The summed E-state index contributed by atoms with van der Waals surface area (Å²) in [4.78, 5) is 11.4. The first-order valence-corrected chi connectivity index (χ1v) is 5.32. The van der Waals surface area contributed by atoms with E-state index < -0.39 is 0 Å². The first-order chi connectivity index (χ1) is 7.67. The number of methoxy groups -OCH3 is 1. The number of halogens is 1. The molecule has 1 rings (SSSR count).